The lowest BCUT2D eigenvalue weighted by molar-refractivity contribution is 0.310. The second kappa shape index (κ2) is 6.13. The monoisotopic (exact) mass is 300 g/mol. The van der Waals surface area contributed by atoms with E-state index in [4.69, 9.17) is 5.73 Å². The number of rotatable bonds is 5. The summed E-state index contributed by atoms with van der Waals surface area (Å²) in [5, 5.41) is 4.05. The summed E-state index contributed by atoms with van der Waals surface area (Å²) in [7, 11) is -3.58. The molecule has 1 aliphatic rings. The molecule has 0 spiro atoms. The third-order valence-corrected chi connectivity index (χ3v) is 5.42. The number of nitrogen functional groups attached to an aromatic ring is 1. The summed E-state index contributed by atoms with van der Waals surface area (Å²) in [6.45, 7) is 4.77. The molecule has 1 aromatic heterocycles. The van der Waals surface area contributed by atoms with Crippen molar-refractivity contribution in [3.63, 3.8) is 0 Å². The van der Waals surface area contributed by atoms with Gasteiger partial charge in [-0.05, 0) is 25.2 Å². The topological polar surface area (TPSA) is 90.0 Å². The highest BCUT2D eigenvalue weighted by molar-refractivity contribution is 7.89. The molecule has 1 fully saturated rings. The Hall–Kier alpha value is -1.08. The molecule has 0 saturated heterocycles. The van der Waals surface area contributed by atoms with Crippen molar-refractivity contribution in [2.45, 2.75) is 63.4 Å². The second-order valence-electron chi connectivity index (χ2n) is 5.63. The summed E-state index contributed by atoms with van der Waals surface area (Å²) in [4.78, 5) is 0.101. The van der Waals surface area contributed by atoms with Crippen LogP contribution in [0.1, 0.15) is 46.0 Å². The average molecular weight is 300 g/mol. The van der Waals surface area contributed by atoms with E-state index in [-0.39, 0.29) is 16.8 Å². The minimum Gasteiger partial charge on any atom is -0.381 e. The summed E-state index contributed by atoms with van der Waals surface area (Å²) in [5.41, 5.74) is 5.75. The van der Waals surface area contributed by atoms with Crippen molar-refractivity contribution in [3.05, 3.63) is 6.20 Å². The van der Waals surface area contributed by atoms with Crippen molar-refractivity contribution in [1.82, 2.24) is 14.5 Å². The van der Waals surface area contributed by atoms with Gasteiger partial charge in [-0.25, -0.2) is 13.1 Å². The lowest BCUT2D eigenvalue weighted by Gasteiger charge is -2.29. The van der Waals surface area contributed by atoms with Gasteiger partial charge < -0.3 is 5.73 Å². The number of aromatic nitrogens is 2. The second-order valence-corrected chi connectivity index (χ2v) is 7.31. The molecule has 6 nitrogen and oxygen atoms in total. The Morgan fingerprint density at radius 3 is 2.80 bits per heavy atom. The molecule has 7 heteroatoms. The van der Waals surface area contributed by atoms with Crippen LogP contribution in [0.15, 0.2) is 11.1 Å². The summed E-state index contributed by atoms with van der Waals surface area (Å²) in [6, 6.07) is 0.00248. The highest BCUT2D eigenvalue weighted by Crippen LogP contribution is 2.26. The third kappa shape index (κ3) is 3.32. The molecule has 2 unspecified atom stereocenters. The van der Waals surface area contributed by atoms with E-state index in [0.717, 1.165) is 25.7 Å². The van der Waals surface area contributed by atoms with Crippen molar-refractivity contribution in [3.8, 4) is 0 Å². The van der Waals surface area contributed by atoms with Gasteiger partial charge in [-0.2, -0.15) is 5.10 Å². The van der Waals surface area contributed by atoms with Crippen molar-refractivity contribution < 1.29 is 8.42 Å². The number of anilines is 1. The summed E-state index contributed by atoms with van der Waals surface area (Å²) >= 11 is 0. The average Bonchev–Trinajstić information content (AvgIpc) is 2.74. The Bertz CT molecular complexity index is 553. The molecular formula is C13H24N4O2S. The molecule has 114 valence electrons. The fraction of sp³-hybridized carbons (Fsp3) is 0.769. The molecule has 0 radical (unpaired) electrons. The minimum absolute atomic E-state index is 0.00248. The first-order chi connectivity index (χ1) is 9.44. The smallest absolute Gasteiger partial charge is 0.246 e. The molecule has 0 amide bonds. The van der Waals surface area contributed by atoms with E-state index in [9.17, 15) is 8.42 Å². The Morgan fingerprint density at radius 1 is 1.45 bits per heavy atom. The van der Waals surface area contributed by atoms with E-state index in [1.807, 2.05) is 6.92 Å². The Balaban J connectivity index is 2.17. The molecule has 2 atom stereocenters. The van der Waals surface area contributed by atoms with Crippen LogP contribution in [0.3, 0.4) is 0 Å². The molecule has 0 aliphatic heterocycles. The standard InChI is InChI=1S/C13H24N4O2S/c1-3-8-17-9-12(13(14)15-17)20(18,19)16-11-7-5-4-6-10(11)2/h9-11,16H,3-8H2,1-2H3,(H2,14,15). The lowest BCUT2D eigenvalue weighted by atomic mass is 9.87. The molecule has 3 N–H and O–H groups in total. The van der Waals surface area contributed by atoms with Gasteiger partial charge in [0.2, 0.25) is 10.0 Å². The molecule has 0 bridgehead atoms. The maximum atomic E-state index is 12.4. The molecule has 1 aromatic rings. The van der Waals surface area contributed by atoms with Gasteiger partial charge in [-0.15, -0.1) is 0 Å². The van der Waals surface area contributed by atoms with Gasteiger partial charge in [0.25, 0.3) is 0 Å². The SMILES string of the molecule is CCCn1cc(S(=O)(=O)NC2CCCCC2C)c(N)n1. The highest BCUT2D eigenvalue weighted by Gasteiger charge is 2.29. The van der Waals surface area contributed by atoms with Crippen molar-refractivity contribution in [1.29, 1.82) is 0 Å². The van der Waals surface area contributed by atoms with Crippen LogP contribution in [0, 0.1) is 5.92 Å². The van der Waals surface area contributed by atoms with E-state index in [1.54, 1.807) is 4.68 Å². The maximum absolute atomic E-state index is 12.4. The lowest BCUT2D eigenvalue weighted by Crippen LogP contribution is -2.41. The maximum Gasteiger partial charge on any atom is 0.246 e. The quantitative estimate of drug-likeness (QED) is 0.866. The molecule has 20 heavy (non-hydrogen) atoms. The van der Waals surface area contributed by atoms with Gasteiger partial charge >= 0.3 is 0 Å². The van der Waals surface area contributed by atoms with Crippen LogP contribution < -0.4 is 10.5 Å². The van der Waals surface area contributed by atoms with E-state index in [1.165, 1.54) is 12.6 Å². The Kier molecular flexibility index (Phi) is 4.70. The molecule has 2 rings (SSSR count). The predicted octanol–water partition coefficient (Wildman–Crippen LogP) is 1.73. The summed E-state index contributed by atoms with van der Waals surface area (Å²) in [5.74, 6) is 0.444. The highest BCUT2D eigenvalue weighted by atomic mass is 32.2. The zero-order valence-corrected chi connectivity index (χ0v) is 13.0. The molecule has 1 heterocycles. The number of aryl methyl sites for hydroxylation is 1. The van der Waals surface area contributed by atoms with Crippen LogP contribution in [-0.2, 0) is 16.6 Å². The Morgan fingerprint density at radius 2 is 2.15 bits per heavy atom. The zero-order chi connectivity index (χ0) is 14.8. The summed E-state index contributed by atoms with van der Waals surface area (Å²) in [6.07, 6.45) is 6.61. The number of hydrogen-bond acceptors (Lipinski definition) is 4. The van der Waals surface area contributed by atoms with Crippen LogP contribution >= 0.6 is 0 Å². The minimum atomic E-state index is -3.58. The third-order valence-electron chi connectivity index (χ3n) is 3.92. The van der Waals surface area contributed by atoms with Crippen molar-refractivity contribution in [2.24, 2.45) is 5.92 Å². The normalized spacial score (nSPS) is 23.9. The van der Waals surface area contributed by atoms with Crippen LogP contribution in [0.25, 0.3) is 0 Å². The van der Waals surface area contributed by atoms with E-state index in [0.29, 0.717) is 12.5 Å². The van der Waals surface area contributed by atoms with Gasteiger partial charge in [0.05, 0.1) is 0 Å². The van der Waals surface area contributed by atoms with Crippen LogP contribution in [-0.4, -0.2) is 24.2 Å². The largest absolute Gasteiger partial charge is 0.381 e. The van der Waals surface area contributed by atoms with E-state index >= 15 is 0 Å². The molecule has 1 aliphatic carbocycles. The van der Waals surface area contributed by atoms with E-state index < -0.39 is 10.0 Å². The van der Waals surface area contributed by atoms with Crippen molar-refractivity contribution >= 4 is 15.8 Å². The van der Waals surface area contributed by atoms with Gasteiger partial charge in [0.1, 0.15) is 4.90 Å². The fourth-order valence-corrected chi connectivity index (χ4v) is 4.18. The molecule has 1 saturated carbocycles. The van der Waals surface area contributed by atoms with Gasteiger partial charge in [0, 0.05) is 18.8 Å². The first-order valence-corrected chi connectivity index (χ1v) is 8.77. The summed E-state index contributed by atoms with van der Waals surface area (Å²) < 4.78 is 29.3. The van der Waals surface area contributed by atoms with Crippen LogP contribution in [0.5, 0.6) is 0 Å². The number of sulfonamides is 1. The predicted molar refractivity (Wildman–Crippen MR) is 78.7 cm³/mol. The number of hydrogen-bond donors (Lipinski definition) is 2. The van der Waals surface area contributed by atoms with Crippen molar-refractivity contribution in [2.75, 3.05) is 5.73 Å². The number of nitrogens with one attached hydrogen (secondary N) is 1. The number of nitrogens with zero attached hydrogens (tertiary/aromatic N) is 2. The fourth-order valence-electron chi connectivity index (χ4n) is 2.72. The first kappa shape index (κ1) is 15.3. The van der Waals surface area contributed by atoms with Gasteiger partial charge in [-0.3, -0.25) is 4.68 Å². The van der Waals surface area contributed by atoms with Gasteiger partial charge in [0.15, 0.2) is 5.82 Å². The number of nitrogens with two attached hydrogens (primary N) is 1. The van der Waals surface area contributed by atoms with E-state index in [2.05, 4.69) is 16.7 Å². The van der Waals surface area contributed by atoms with Crippen LogP contribution in [0.2, 0.25) is 0 Å². The first-order valence-electron chi connectivity index (χ1n) is 7.29. The van der Waals surface area contributed by atoms with Crippen LogP contribution in [0.4, 0.5) is 5.82 Å². The zero-order valence-electron chi connectivity index (χ0n) is 12.2. The Labute approximate surface area is 120 Å². The van der Waals surface area contributed by atoms with Gasteiger partial charge in [-0.1, -0.05) is 26.7 Å². The molecule has 0 aromatic carbocycles. The molecular weight excluding hydrogens is 276 g/mol.